The van der Waals surface area contributed by atoms with Gasteiger partial charge in [0.2, 0.25) is 5.91 Å². The van der Waals surface area contributed by atoms with Crippen molar-refractivity contribution >= 4 is 49.1 Å². The number of nitrogens with zero attached hydrogens (tertiary/aromatic N) is 3. The first-order valence-electron chi connectivity index (χ1n) is 9.77. The minimum Gasteiger partial charge on any atom is -0.347 e. The van der Waals surface area contributed by atoms with Gasteiger partial charge in [0.05, 0.1) is 16.3 Å². The summed E-state index contributed by atoms with van der Waals surface area (Å²) >= 11 is 3.11. The second-order valence-corrected chi connectivity index (χ2v) is 9.55. The van der Waals surface area contributed by atoms with E-state index in [1.54, 1.807) is 17.4 Å². The number of amides is 1. The molecule has 1 aromatic carbocycles. The van der Waals surface area contributed by atoms with Gasteiger partial charge in [0.25, 0.3) is 0 Å². The second kappa shape index (κ2) is 7.40. The first-order chi connectivity index (χ1) is 13.7. The van der Waals surface area contributed by atoms with Crippen molar-refractivity contribution in [2.45, 2.75) is 38.5 Å². The lowest BCUT2D eigenvalue weighted by Gasteiger charge is -2.31. The Kier molecular flexibility index (Phi) is 4.76. The number of rotatable bonds is 3. The van der Waals surface area contributed by atoms with Gasteiger partial charge in [0.1, 0.15) is 11.3 Å². The number of hydrogen-bond acceptors (Lipinski definition) is 6. The lowest BCUT2D eigenvalue weighted by Crippen LogP contribution is -2.40. The summed E-state index contributed by atoms with van der Waals surface area (Å²) in [7, 11) is 0. The number of carbonyl (C=O) groups is 1. The van der Waals surface area contributed by atoms with Crippen molar-refractivity contribution in [1.82, 2.24) is 9.97 Å². The Hall–Kier alpha value is -2.06. The summed E-state index contributed by atoms with van der Waals surface area (Å²) < 4.78 is 14.8. The third-order valence-corrected chi connectivity index (χ3v) is 7.65. The molecule has 0 saturated carbocycles. The predicted octanol–water partition coefficient (Wildman–Crippen LogP) is 4.63. The van der Waals surface area contributed by atoms with Gasteiger partial charge in [-0.3, -0.25) is 4.79 Å². The molecule has 1 aliphatic heterocycles. The van der Waals surface area contributed by atoms with Gasteiger partial charge in [0.15, 0.2) is 10.3 Å². The van der Waals surface area contributed by atoms with E-state index in [-0.39, 0.29) is 17.6 Å². The fourth-order valence-electron chi connectivity index (χ4n) is 4.02. The molecule has 1 aliphatic carbocycles. The number of hydrogen-bond donors (Lipinski definition) is 1. The van der Waals surface area contributed by atoms with E-state index in [1.165, 1.54) is 35.1 Å². The van der Waals surface area contributed by atoms with E-state index in [2.05, 4.69) is 20.2 Å². The number of piperidine rings is 1. The van der Waals surface area contributed by atoms with Crippen molar-refractivity contribution < 1.29 is 9.18 Å². The molecule has 8 heteroatoms. The monoisotopic (exact) mass is 416 g/mol. The summed E-state index contributed by atoms with van der Waals surface area (Å²) in [4.78, 5) is 25.4. The van der Waals surface area contributed by atoms with Crippen molar-refractivity contribution in [2.75, 3.05) is 23.3 Å². The van der Waals surface area contributed by atoms with Crippen molar-refractivity contribution in [3.05, 3.63) is 34.6 Å². The summed E-state index contributed by atoms with van der Waals surface area (Å²) in [5.74, 6) is -0.367. The molecular formula is C20H21FN4OS2. The molecule has 1 atom stereocenters. The Bertz CT molecular complexity index is 1010. The lowest BCUT2D eigenvalue weighted by atomic mass is 9.97. The molecule has 1 unspecified atom stereocenters. The Morgan fingerprint density at radius 2 is 2.07 bits per heavy atom. The highest BCUT2D eigenvalue weighted by Gasteiger charge is 2.28. The molecular weight excluding hydrogens is 395 g/mol. The second-order valence-electron chi connectivity index (χ2n) is 7.45. The Balaban J connectivity index is 1.30. The van der Waals surface area contributed by atoms with Crippen molar-refractivity contribution in [3.8, 4) is 0 Å². The smallest absolute Gasteiger partial charge is 0.231 e. The topological polar surface area (TPSA) is 58.1 Å². The first kappa shape index (κ1) is 18.0. The van der Waals surface area contributed by atoms with E-state index in [1.807, 2.05) is 6.07 Å². The maximum Gasteiger partial charge on any atom is 0.231 e. The highest BCUT2D eigenvalue weighted by molar-refractivity contribution is 7.22. The molecule has 3 aromatic rings. The molecule has 1 amide bonds. The summed E-state index contributed by atoms with van der Waals surface area (Å²) in [6.07, 6.45) is 6.27. The molecule has 5 rings (SSSR count). The van der Waals surface area contributed by atoms with E-state index in [0.29, 0.717) is 12.1 Å². The van der Waals surface area contributed by atoms with Crippen LogP contribution in [0.2, 0.25) is 0 Å². The van der Waals surface area contributed by atoms with Crippen LogP contribution in [0.1, 0.15) is 36.3 Å². The highest BCUT2D eigenvalue weighted by Crippen LogP contribution is 2.34. The number of halogens is 1. The molecule has 2 aliphatic rings. The third kappa shape index (κ3) is 3.39. The van der Waals surface area contributed by atoms with Crippen LogP contribution in [0, 0.1) is 11.7 Å². The van der Waals surface area contributed by atoms with Gasteiger partial charge in [-0.1, -0.05) is 17.4 Å². The molecule has 1 N–H and O–H groups in total. The van der Waals surface area contributed by atoms with Crippen LogP contribution >= 0.6 is 22.7 Å². The number of para-hydroxylation sites is 1. The molecule has 0 bridgehead atoms. The van der Waals surface area contributed by atoms with Crippen LogP contribution in [0.4, 0.5) is 14.7 Å². The van der Waals surface area contributed by atoms with Gasteiger partial charge in [-0.25, -0.2) is 14.4 Å². The molecule has 146 valence electrons. The zero-order valence-corrected chi connectivity index (χ0v) is 17.0. The zero-order chi connectivity index (χ0) is 19.1. The highest BCUT2D eigenvalue weighted by atomic mass is 32.1. The molecule has 1 saturated heterocycles. The van der Waals surface area contributed by atoms with E-state index >= 15 is 0 Å². The van der Waals surface area contributed by atoms with Crippen molar-refractivity contribution in [3.63, 3.8) is 0 Å². The van der Waals surface area contributed by atoms with Crippen LogP contribution in [-0.2, 0) is 17.6 Å². The average molecular weight is 417 g/mol. The average Bonchev–Trinajstić information content (AvgIpc) is 3.32. The number of fused-ring (bicyclic) bond motifs is 2. The number of thiazole rings is 2. The normalized spacial score (nSPS) is 19.6. The summed E-state index contributed by atoms with van der Waals surface area (Å²) in [6, 6.07) is 5.03. The van der Waals surface area contributed by atoms with Crippen LogP contribution in [0.3, 0.4) is 0 Å². The predicted molar refractivity (Wildman–Crippen MR) is 112 cm³/mol. The fraction of sp³-hybridized carbons (Fsp3) is 0.450. The van der Waals surface area contributed by atoms with E-state index in [4.69, 9.17) is 0 Å². The number of nitrogens with one attached hydrogen (secondary N) is 1. The zero-order valence-electron chi connectivity index (χ0n) is 15.4. The van der Waals surface area contributed by atoms with Crippen molar-refractivity contribution in [1.29, 1.82) is 0 Å². The Morgan fingerprint density at radius 3 is 2.93 bits per heavy atom. The van der Waals surface area contributed by atoms with Crippen LogP contribution in [-0.4, -0.2) is 29.0 Å². The number of anilines is 2. The SMILES string of the molecule is O=C(Nc1nc2c(s1)CCCC2)C1CCCN(c2nc3c(F)cccc3s2)C1. The third-order valence-electron chi connectivity index (χ3n) is 5.50. The Morgan fingerprint density at radius 1 is 1.18 bits per heavy atom. The standard InChI is InChI=1S/C20H21FN4OS2/c21-13-6-3-9-16-17(13)23-20(28-16)25-10-4-5-12(11-25)18(26)24-19-22-14-7-1-2-8-15(14)27-19/h3,6,9,12H,1-2,4-5,7-8,10-11H2,(H,22,24,26). The van der Waals surface area contributed by atoms with Crippen LogP contribution in [0.15, 0.2) is 18.2 Å². The molecule has 1 fully saturated rings. The van der Waals surface area contributed by atoms with Gasteiger partial charge in [-0.05, 0) is 50.7 Å². The summed E-state index contributed by atoms with van der Waals surface area (Å²) in [5.41, 5.74) is 1.58. The van der Waals surface area contributed by atoms with Gasteiger partial charge in [-0.15, -0.1) is 11.3 Å². The van der Waals surface area contributed by atoms with Gasteiger partial charge in [-0.2, -0.15) is 0 Å². The molecule has 2 aromatic heterocycles. The molecule has 5 nitrogen and oxygen atoms in total. The lowest BCUT2D eigenvalue weighted by molar-refractivity contribution is -0.120. The Labute approximate surface area is 170 Å². The van der Waals surface area contributed by atoms with Gasteiger partial charge >= 0.3 is 0 Å². The largest absolute Gasteiger partial charge is 0.347 e. The molecule has 28 heavy (non-hydrogen) atoms. The minimum atomic E-state index is -0.293. The maximum absolute atomic E-state index is 14.0. The number of carbonyl (C=O) groups excluding carboxylic acids is 1. The van der Waals surface area contributed by atoms with Crippen LogP contribution in [0.25, 0.3) is 10.2 Å². The van der Waals surface area contributed by atoms with Gasteiger partial charge in [0, 0.05) is 18.0 Å². The first-order valence-corrected chi connectivity index (χ1v) is 11.4. The number of aromatic nitrogens is 2. The minimum absolute atomic E-state index is 0.0306. The van der Waals surface area contributed by atoms with Crippen LogP contribution in [0.5, 0.6) is 0 Å². The van der Waals surface area contributed by atoms with E-state index < -0.39 is 0 Å². The summed E-state index contributed by atoms with van der Waals surface area (Å²) in [6.45, 7) is 1.45. The van der Waals surface area contributed by atoms with E-state index in [9.17, 15) is 9.18 Å². The van der Waals surface area contributed by atoms with E-state index in [0.717, 1.165) is 52.9 Å². The van der Waals surface area contributed by atoms with Crippen molar-refractivity contribution in [2.24, 2.45) is 5.92 Å². The fourth-order valence-corrected chi connectivity index (χ4v) is 6.08. The quantitative estimate of drug-likeness (QED) is 0.677. The summed E-state index contributed by atoms with van der Waals surface area (Å²) in [5, 5.41) is 4.57. The molecule has 0 radical (unpaired) electrons. The maximum atomic E-state index is 14.0. The van der Waals surface area contributed by atoms with Crippen LogP contribution < -0.4 is 10.2 Å². The number of benzene rings is 1. The molecule has 0 spiro atoms. The number of aryl methyl sites for hydroxylation is 2. The molecule has 3 heterocycles. The van der Waals surface area contributed by atoms with Gasteiger partial charge < -0.3 is 10.2 Å².